The fourth-order valence-corrected chi connectivity index (χ4v) is 6.69. The Kier molecular flexibility index (Phi) is 4.75. The molecule has 28 heavy (non-hydrogen) atoms. The molecule has 1 aromatic carbocycles. The second kappa shape index (κ2) is 7.14. The Morgan fingerprint density at radius 3 is 2.82 bits per heavy atom. The largest absolute Gasteiger partial charge is 0.497 e. The summed E-state index contributed by atoms with van der Waals surface area (Å²) in [6.45, 7) is 3.25. The molecular weight excluding hydrogens is 352 g/mol. The molecule has 3 fully saturated rings. The van der Waals surface area contributed by atoms with E-state index in [1.54, 1.807) is 7.11 Å². The van der Waals surface area contributed by atoms with Gasteiger partial charge in [-0.25, -0.2) is 0 Å². The van der Waals surface area contributed by atoms with Crippen molar-refractivity contribution in [1.82, 2.24) is 0 Å². The van der Waals surface area contributed by atoms with Crippen molar-refractivity contribution in [3.8, 4) is 5.75 Å². The molecule has 4 nitrogen and oxygen atoms in total. The average molecular weight is 385 g/mol. The van der Waals surface area contributed by atoms with Crippen LogP contribution in [0.1, 0.15) is 80.1 Å². The number of methoxy groups -OCH3 is 1. The molecular formula is C24H32O4. The van der Waals surface area contributed by atoms with Gasteiger partial charge in [0.25, 0.3) is 0 Å². The van der Waals surface area contributed by atoms with Crippen molar-refractivity contribution in [3.63, 3.8) is 0 Å². The standard InChI is InChI=1S/C24H32O4/c1-24-11-10-17-16-7-6-15(26-2)13-19(16)21(25)14-18(17)20(24)8-9-22(24)28-23-5-3-4-12-27-23/h6-7,13,17-18,20,22-23H,3-5,8-12,14H2,1-2H3. The topological polar surface area (TPSA) is 44.8 Å². The number of Topliss-reactive ketones (excluding diaryl/α,β-unsaturated/α-hetero) is 1. The van der Waals surface area contributed by atoms with Gasteiger partial charge in [0.15, 0.2) is 12.1 Å². The minimum atomic E-state index is -0.0202. The number of ether oxygens (including phenoxy) is 3. The fraction of sp³-hybridized carbons (Fsp3) is 0.708. The molecule has 5 rings (SSSR count). The number of rotatable bonds is 3. The van der Waals surface area contributed by atoms with Crippen LogP contribution in [0.15, 0.2) is 18.2 Å². The molecule has 0 radical (unpaired) electrons. The molecule has 1 aliphatic heterocycles. The average Bonchev–Trinajstić information content (AvgIpc) is 3.05. The number of hydrogen-bond donors (Lipinski definition) is 0. The Balaban J connectivity index is 1.39. The van der Waals surface area contributed by atoms with Crippen LogP contribution in [0.3, 0.4) is 0 Å². The monoisotopic (exact) mass is 384 g/mol. The summed E-state index contributed by atoms with van der Waals surface area (Å²) in [5, 5.41) is 0. The van der Waals surface area contributed by atoms with Gasteiger partial charge in [0.1, 0.15) is 5.75 Å². The number of ketones is 1. The van der Waals surface area contributed by atoms with Crippen molar-refractivity contribution < 1.29 is 19.0 Å². The summed E-state index contributed by atoms with van der Waals surface area (Å²) in [5.74, 6) is 2.60. The summed E-state index contributed by atoms with van der Waals surface area (Å²) in [6.07, 6.45) is 8.92. The Morgan fingerprint density at radius 2 is 2.04 bits per heavy atom. The third-order valence-electron chi connectivity index (χ3n) is 8.19. The highest BCUT2D eigenvalue weighted by atomic mass is 16.7. The van der Waals surface area contributed by atoms with E-state index in [9.17, 15) is 4.79 Å². The second-order valence-electron chi connectivity index (χ2n) is 9.50. The van der Waals surface area contributed by atoms with Gasteiger partial charge >= 0.3 is 0 Å². The van der Waals surface area contributed by atoms with Crippen LogP contribution in [-0.2, 0) is 9.47 Å². The highest BCUT2D eigenvalue weighted by molar-refractivity contribution is 5.99. The Bertz CT molecular complexity index is 753. The summed E-state index contributed by atoms with van der Waals surface area (Å²) >= 11 is 0. The minimum Gasteiger partial charge on any atom is -0.497 e. The second-order valence-corrected chi connectivity index (χ2v) is 9.50. The van der Waals surface area contributed by atoms with Crippen LogP contribution in [0.2, 0.25) is 0 Å². The first-order valence-electron chi connectivity index (χ1n) is 11.1. The molecule has 0 N–H and O–H groups in total. The Labute approximate surface area is 167 Å². The minimum absolute atomic E-state index is 0.0202. The lowest BCUT2D eigenvalue weighted by atomic mass is 9.55. The first-order valence-corrected chi connectivity index (χ1v) is 11.1. The van der Waals surface area contributed by atoms with Crippen LogP contribution in [0.25, 0.3) is 0 Å². The number of benzene rings is 1. The van der Waals surface area contributed by atoms with E-state index in [0.717, 1.165) is 43.6 Å². The first-order chi connectivity index (χ1) is 13.6. The van der Waals surface area contributed by atoms with Gasteiger partial charge in [-0.05, 0) is 85.8 Å². The van der Waals surface area contributed by atoms with E-state index in [1.807, 2.05) is 12.1 Å². The van der Waals surface area contributed by atoms with Crippen LogP contribution >= 0.6 is 0 Å². The molecule has 4 heteroatoms. The number of fused-ring (bicyclic) bond motifs is 5. The zero-order chi connectivity index (χ0) is 19.3. The van der Waals surface area contributed by atoms with Gasteiger partial charge in [0.05, 0.1) is 13.2 Å². The van der Waals surface area contributed by atoms with Crippen molar-refractivity contribution in [2.24, 2.45) is 17.3 Å². The lowest BCUT2D eigenvalue weighted by Crippen LogP contribution is -2.46. The van der Waals surface area contributed by atoms with E-state index >= 15 is 0 Å². The molecule has 6 unspecified atom stereocenters. The van der Waals surface area contributed by atoms with Crippen LogP contribution in [-0.4, -0.2) is 31.9 Å². The maximum absolute atomic E-state index is 13.0. The predicted octanol–water partition coefficient (Wildman–Crippen LogP) is 5.10. The van der Waals surface area contributed by atoms with Crippen molar-refractivity contribution >= 4 is 5.78 Å². The Morgan fingerprint density at radius 1 is 1.14 bits per heavy atom. The molecule has 0 spiro atoms. The molecule has 1 heterocycles. The SMILES string of the molecule is COc1ccc2c(c1)C(=O)CC1C2CCC2(C)C(OC3CCCCO3)CCC12. The van der Waals surface area contributed by atoms with Gasteiger partial charge in [-0.3, -0.25) is 4.79 Å². The molecule has 1 saturated heterocycles. The zero-order valence-electron chi connectivity index (χ0n) is 17.1. The van der Waals surface area contributed by atoms with Crippen LogP contribution in [0, 0.1) is 17.3 Å². The summed E-state index contributed by atoms with van der Waals surface area (Å²) in [4.78, 5) is 13.0. The summed E-state index contributed by atoms with van der Waals surface area (Å²) in [6, 6.07) is 6.11. The van der Waals surface area contributed by atoms with Crippen molar-refractivity contribution in [3.05, 3.63) is 29.3 Å². The van der Waals surface area contributed by atoms with Gasteiger partial charge in [0, 0.05) is 18.6 Å². The maximum atomic E-state index is 13.0. The number of hydrogen-bond acceptors (Lipinski definition) is 4. The fourth-order valence-electron chi connectivity index (χ4n) is 6.69. The highest BCUT2D eigenvalue weighted by Crippen LogP contribution is 2.61. The number of carbonyl (C=O) groups is 1. The van der Waals surface area contributed by atoms with E-state index in [1.165, 1.54) is 24.8 Å². The maximum Gasteiger partial charge on any atom is 0.163 e. The predicted molar refractivity (Wildman–Crippen MR) is 107 cm³/mol. The molecule has 4 aliphatic rings. The van der Waals surface area contributed by atoms with E-state index < -0.39 is 0 Å². The van der Waals surface area contributed by atoms with E-state index in [-0.39, 0.29) is 17.8 Å². The first kappa shape index (κ1) is 18.6. The summed E-state index contributed by atoms with van der Waals surface area (Å²) in [7, 11) is 1.67. The number of carbonyl (C=O) groups excluding carboxylic acids is 1. The summed E-state index contributed by atoms with van der Waals surface area (Å²) < 4.78 is 17.7. The molecule has 1 aromatic rings. The molecule has 3 aliphatic carbocycles. The van der Waals surface area contributed by atoms with Crippen molar-refractivity contribution in [2.45, 2.75) is 76.6 Å². The molecule has 6 atom stereocenters. The third kappa shape index (κ3) is 2.91. The van der Waals surface area contributed by atoms with E-state index in [2.05, 4.69) is 13.0 Å². The smallest absolute Gasteiger partial charge is 0.163 e. The molecule has 152 valence electrons. The van der Waals surface area contributed by atoms with Crippen molar-refractivity contribution in [2.75, 3.05) is 13.7 Å². The normalized spacial score (nSPS) is 39.8. The lowest BCUT2D eigenvalue weighted by molar-refractivity contribution is -0.212. The zero-order valence-corrected chi connectivity index (χ0v) is 17.1. The summed E-state index contributed by atoms with van der Waals surface area (Å²) in [5.41, 5.74) is 2.32. The van der Waals surface area contributed by atoms with Crippen LogP contribution < -0.4 is 4.74 Å². The molecule has 0 aromatic heterocycles. The quantitative estimate of drug-likeness (QED) is 0.727. The molecule has 2 saturated carbocycles. The van der Waals surface area contributed by atoms with Crippen molar-refractivity contribution in [1.29, 1.82) is 0 Å². The van der Waals surface area contributed by atoms with E-state index in [4.69, 9.17) is 14.2 Å². The molecule has 0 bridgehead atoms. The Hall–Kier alpha value is -1.39. The van der Waals surface area contributed by atoms with Gasteiger partial charge < -0.3 is 14.2 Å². The van der Waals surface area contributed by atoms with Crippen LogP contribution in [0.5, 0.6) is 5.75 Å². The van der Waals surface area contributed by atoms with Crippen LogP contribution in [0.4, 0.5) is 0 Å². The lowest BCUT2D eigenvalue weighted by Gasteiger charge is -2.50. The van der Waals surface area contributed by atoms with Gasteiger partial charge in [-0.2, -0.15) is 0 Å². The highest BCUT2D eigenvalue weighted by Gasteiger charge is 2.56. The third-order valence-corrected chi connectivity index (χ3v) is 8.19. The van der Waals surface area contributed by atoms with Gasteiger partial charge in [-0.15, -0.1) is 0 Å². The van der Waals surface area contributed by atoms with E-state index in [0.29, 0.717) is 30.0 Å². The van der Waals surface area contributed by atoms with Gasteiger partial charge in [-0.1, -0.05) is 13.0 Å². The van der Waals surface area contributed by atoms with Gasteiger partial charge in [0.2, 0.25) is 0 Å². The molecule has 0 amide bonds.